The van der Waals surface area contributed by atoms with E-state index in [4.69, 9.17) is 4.74 Å². The van der Waals surface area contributed by atoms with Crippen LogP contribution in [0.25, 0.3) is 0 Å². The molecule has 1 saturated heterocycles. The maximum atomic E-state index is 12.2. The number of methoxy groups -OCH3 is 1. The van der Waals surface area contributed by atoms with E-state index in [0.717, 1.165) is 25.3 Å². The molecule has 5 heteroatoms. The zero-order chi connectivity index (χ0) is 14.8. The summed E-state index contributed by atoms with van der Waals surface area (Å²) in [5, 5.41) is 0. The molecular formula is C16H25N3O2. The van der Waals surface area contributed by atoms with E-state index >= 15 is 0 Å². The first kappa shape index (κ1) is 14.6. The van der Waals surface area contributed by atoms with Gasteiger partial charge in [0.2, 0.25) is 0 Å². The van der Waals surface area contributed by atoms with E-state index in [1.165, 1.54) is 32.8 Å². The second kappa shape index (κ2) is 6.18. The molecule has 2 fully saturated rings. The highest BCUT2D eigenvalue weighted by Crippen LogP contribution is 2.40. The van der Waals surface area contributed by atoms with Crippen LogP contribution >= 0.6 is 0 Å². The topological polar surface area (TPSA) is 47.4 Å². The van der Waals surface area contributed by atoms with Gasteiger partial charge in [-0.15, -0.1) is 0 Å². The molecule has 1 saturated carbocycles. The summed E-state index contributed by atoms with van der Waals surface area (Å²) in [7, 11) is 1.50. The third kappa shape index (κ3) is 2.71. The van der Waals surface area contributed by atoms with Gasteiger partial charge in [-0.25, -0.2) is 4.98 Å². The number of aryl methyl sites for hydroxylation is 1. The Morgan fingerprint density at radius 2 is 2.24 bits per heavy atom. The number of hydrogen-bond donors (Lipinski definition) is 0. The molecular weight excluding hydrogens is 266 g/mol. The van der Waals surface area contributed by atoms with Gasteiger partial charge in [0.15, 0.2) is 0 Å². The molecule has 1 aliphatic heterocycles. The number of likely N-dealkylation sites (tertiary alicyclic amines) is 1. The van der Waals surface area contributed by atoms with Crippen molar-refractivity contribution >= 4 is 5.97 Å². The standard InChI is InChI=1S/C16H25N3O2/c1-3-18-9-8-17-15(18)11-19-13-7-5-4-6-12(13)10-14(19)16(20)21-2/h8-9,12-14H,3-7,10-11H2,1-2H3/t12-,13-,14+/m1/s1. The lowest BCUT2D eigenvalue weighted by Gasteiger charge is -2.33. The van der Waals surface area contributed by atoms with Crippen molar-refractivity contribution < 1.29 is 9.53 Å². The Bertz CT molecular complexity index is 499. The van der Waals surface area contributed by atoms with E-state index in [1.807, 2.05) is 12.4 Å². The quantitative estimate of drug-likeness (QED) is 0.798. The minimum atomic E-state index is -0.0925. The predicted molar refractivity (Wildman–Crippen MR) is 79.6 cm³/mol. The molecule has 116 valence electrons. The molecule has 5 nitrogen and oxygen atoms in total. The smallest absolute Gasteiger partial charge is 0.323 e. The van der Waals surface area contributed by atoms with Crippen LogP contribution in [0.3, 0.4) is 0 Å². The largest absolute Gasteiger partial charge is 0.468 e. The number of carbonyl (C=O) groups is 1. The number of hydrogen-bond acceptors (Lipinski definition) is 4. The van der Waals surface area contributed by atoms with Gasteiger partial charge in [-0.3, -0.25) is 9.69 Å². The molecule has 0 spiro atoms. The molecule has 0 unspecified atom stereocenters. The zero-order valence-corrected chi connectivity index (χ0v) is 13.0. The second-order valence-electron chi connectivity index (χ2n) is 6.19. The van der Waals surface area contributed by atoms with Crippen LogP contribution in [0.2, 0.25) is 0 Å². The van der Waals surface area contributed by atoms with E-state index < -0.39 is 0 Å². The van der Waals surface area contributed by atoms with Crippen molar-refractivity contribution in [2.45, 2.75) is 64.2 Å². The molecule has 0 aromatic carbocycles. The number of ether oxygens (including phenoxy) is 1. The third-order valence-electron chi connectivity index (χ3n) is 5.16. The summed E-state index contributed by atoms with van der Waals surface area (Å²) in [5.41, 5.74) is 0. The fraction of sp³-hybridized carbons (Fsp3) is 0.750. The van der Waals surface area contributed by atoms with E-state index in [1.54, 1.807) is 0 Å². The lowest BCUT2D eigenvalue weighted by Crippen LogP contribution is -2.42. The third-order valence-corrected chi connectivity index (χ3v) is 5.16. The molecule has 1 aliphatic carbocycles. The van der Waals surface area contributed by atoms with Gasteiger partial charge >= 0.3 is 5.97 Å². The summed E-state index contributed by atoms with van der Waals surface area (Å²) in [6.45, 7) is 3.79. The average molecular weight is 291 g/mol. The lowest BCUT2D eigenvalue weighted by molar-refractivity contribution is -0.146. The molecule has 21 heavy (non-hydrogen) atoms. The Kier molecular flexibility index (Phi) is 4.29. The van der Waals surface area contributed by atoms with Gasteiger partial charge in [0.05, 0.1) is 13.7 Å². The normalized spacial score (nSPS) is 29.3. The minimum Gasteiger partial charge on any atom is -0.468 e. The van der Waals surface area contributed by atoms with Gasteiger partial charge in [0.1, 0.15) is 11.9 Å². The molecule has 0 radical (unpaired) electrons. The van der Waals surface area contributed by atoms with E-state index in [0.29, 0.717) is 12.0 Å². The Balaban J connectivity index is 1.82. The van der Waals surface area contributed by atoms with Crippen LogP contribution in [-0.2, 0) is 22.6 Å². The first-order chi connectivity index (χ1) is 10.2. The first-order valence-electron chi connectivity index (χ1n) is 8.08. The molecule has 3 rings (SSSR count). The molecule has 3 atom stereocenters. The van der Waals surface area contributed by atoms with Crippen LogP contribution in [0.1, 0.15) is 44.9 Å². The summed E-state index contributed by atoms with van der Waals surface area (Å²) in [5.74, 6) is 1.62. The van der Waals surface area contributed by atoms with Crippen molar-refractivity contribution in [2.24, 2.45) is 5.92 Å². The van der Waals surface area contributed by atoms with Crippen LogP contribution in [0.5, 0.6) is 0 Å². The highest BCUT2D eigenvalue weighted by atomic mass is 16.5. The van der Waals surface area contributed by atoms with E-state index in [-0.39, 0.29) is 12.0 Å². The summed E-state index contributed by atoms with van der Waals surface area (Å²) < 4.78 is 7.20. The number of fused-ring (bicyclic) bond motifs is 1. The Morgan fingerprint density at radius 1 is 1.43 bits per heavy atom. The predicted octanol–water partition coefficient (Wildman–Crippen LogP) is 2.21. The number of nitrogens with zero attached hydrogens (tertiary/aromatic N) is 3. The summed E-state index contributed by atoms with van der Waals surface area (Å²) >= 11 is 0. The second-order valence-corrected chi connectivity index (χ2v) is 6.19. The van der Waals surface area contributed by atoms with E-state index in [9.17, 15) is 4.79 Å². The highest BCUT2D eigenvalue weighted by Gasteiger charge is 2.45. The van der Waals surface area contributed by atoms with Crippen molar-refractivity contribution in [3.63, 3.8) is 0 Å². The van der Waals surface area contributed by atoms with Gasteiger partial charge in [0.25, 0.3) is 0 Å². The summed E-state index contributed by atoms with van der Waals surface area (Å²) in [6.07, 6.45) is 9.82. The van der Waals surface area contributed by atoms with Crippen molar-refractivity contribution in [3.05, 3.63) is 18.2 Å². The van der Waals surface area contributed by atoms with Crippen LogP contribution in [0, 0.1) is 5.92 Å². The summed E-state index contributed by atoms with van der Waals surface area (Å²) in [4.78, 5) is 19.0. The van der Waals surface area contributed by atoms with Crippen molar-refractivity contribution in [1.29, 1.82) is 0 Å². The zero-order valence-electron chi connectivity index (χ0n) is 13.0. The van der Waals surface area contributed by atoms with Crippen molar-refractivity contribution in [2.75, 3.05) is 7.11 Å². The van der Waals surface area contributed by atoms with E-state index in [2.05, 4.69) is 21.4 Å². The molecule has 1 aromatic heterocycles. The van der Waals surface area contributed by atoms with Gasteiger partial charge in [-0.05, 0) is 32.1 Å². The van der Waals surface area contributed by atoms with Gasteiger partial charge in [-0.1, -0.05) is 12.8 Å². The molecule has 2 aliphatic rings. The Hall–Kier alpha value is -1.36. The number of carbonyl (C=O) groups excluding carboxylic acids is 1. The average Bonchev–Trinajstić information content (AvgIpc) is 3.11. The minimum absolute atomic E-state index is 0.0843. The summed E-state index contributed by atoms with van der Waals surface area (Å²) in [6, 6.07) is 0.426. The monoisotopic (exact) mass is 291 g/mol. The molecule has 0 N–H and O–H groups in total. The van der Waals surface area contributed by atoms with Gasteiger partial charge in [-0.2, -0.15) is 0 Å². The lowest BCUT2D eigenvalue weighted by atomic mass is 9.85. The van der Waals surface area contributed by atoms with Crippen molar-refractivity contribution in [1.82, 2.24) is 14.5 Å². The fourth-order valence-electron chi connectivity index (χ4n) is 4.09. The number of esters is 1. The van der Waals surface area contributed by atoms with Crippen molar-refractivity contribution in [3.8, 4) is 0 Å². The molecule has 1 aromatic rings. The maximum absolute atomic E-state index is 12.2. The number of aromatic nitrogens is 2. The van der Waals surface area contributed by atoms with Crippen LogP contribution < -0.4 is 0 Å². The van der Waals surface area contributed by atoms with Crippen LogP contribution in [0.4, 0.5) is 0 Å². The van der Waals surface area contributed by atoms with Gasteiger partial charge < -0.3 is 9.30 Å². The fourth-order valence-corrected chi connectivity index (χ4v) is 4.09. The maximum Gasteiger partial charge on any atom is 0.323 e. The number of rotatable bonds is 4. The molecule has 2 heterocycles. The Morgan fingerprint density at radius 3 is 3.00 bits per heavy atom. The SMILES string of the molecule is CCn1ccnc1CN1[C@@H]2CCCC[C@@H]2C[C@H]1C(=O)OC. The van der Waals surface area contributed by atoms with Crippen LogP contribution in [0.15, 0.2) is 12.4 Å². The van der Waals surface area contributed by atoms with Gasteiger partial charge in [0, 0.05) is 25.0 Å². The molecule has 0 amide bonds. The Labute approximate surface area is 126 Å². The highest BCUT2D eigenvalue weighted by molar-refractivity contribution is 5.76. The first-order valence-corrected chi connectivity index (χ1v) is 8.08. The number of imidazole rings is 1. The van der Waals surface area contributed by atoms with Crippen LogP contribution in [-0.4, -0.2) is 39.6 Å². The molecule has 0 bridgehead atoms.